The first-order valence-electron chi connectivity index (χ1n) is 9.25. The molecule has 5 heteroatoms. The zero-order valence-corrected chi connectivity index (χ0v) is 15.5. The van der Waals surface area contributed by atoms with Crippen molar-refractivity contribution in [1.29, 1.82) is 0 Å². The molecule has 2 N–H and O–H groups in total. The summed E-state index contributed by atoms with van der Waals surface area (Å²) in [5.41, 5.74) is 1.12. The van der Waals surface area contributed by atoms with Gasteiger partial charge in [0.05, 0.1) is 11.2 Å². The molecule has 138 valence electrons. The number of benzene rings is 1. The second-order valence-corrected chi connectivity index (χ2v) is 7.20. The minimum Gasteiger partial charge on any atom is -0.390 e. The number of carbonyl (C=O) groups is 1. The van der Waals surface area contributed by atoms with Gasteiger partial charge in [-0.05, 0) is 44.4 Å². The number of nitrogens with one attached hydrogen (secondary N) is 1. The first kappa shape index (κ1) is 18.4. The quantitative estimate of drug-likeness (QED) is 0.867. The average Bonchev–Trinajstić information content (AvgIpc) is 2.65. The van der Waals surface area contributed by atoms with E-state index in [0.29, 0.717) is 18.5 Å². The fourth-order valence-corrected chi connectivity index (χ4v) is 3.48. The molecule has 1 saturated heterocycles. The highest BCUT2D eigenvalue weighted by atomic mass is 16.3. The number of pyridine rings is 1. The SMILES string of the molecule is CCNC(=O)c1ccc(N2CC[C@@](C)(O)[C@@H](Cc3ccccc3)C2)nc1. The highest BCUT2D eigenvalue weighted by molar-refractivity contribution is 5.94. The van der Waals surface area contributed by atoms with E-state index in [1.54, 1.807) is 6.20 Å². The maximum absolute atomic E-state index is 11.9. The van der Waals surface area contributed by atoms with Crippen molar-refractivity contribution in [3.63, 3.8) is 0 Å². The maximum Gasteiger partial charge on any atom is 0.252 e. The standard InChI is InChI=1S/C21H27N3O2/c1-3-22-20(25)17-9-10-19(23-14-17)24-12-11-21(2,26)18(15-24)13-16-7-5-4-6-8-16/h4-10,14,18,26H,3,11-13,15H2,1-2H3,(H,22,25)/t18-,21+/m0/s1. The Labute approximate surface area is 155 Å². The predicted molar refractivity (Wildman–Crippen MR) is 103 cm³/mol. The summed E-state index contributed by atoms with van der Waals surface area (Å²) >= 11 is 0. The topological polar surface area (TPSA) is 65.5 Å². The summed E-state index contributed by atoms with van der Waals surface area (Å²) in [5, 5.41) is 13.6. The molecule has 0 unspecified atom stereocenters. The van der Waals surface area contributed by atoms with Crippen molar-refractivity contribution in [2.24, 2.45) is 5.92 Å². The van der Waals surface area contributed by atoms with Crippen LogP contribution in [-0.2, 0) is 6.42 Å². The van der Waals surface area contributed by atoms with Gasteiger partial charge in [0.25, 0.3) is 5.91 Å². The zero-order valence-electron chi connectivity index (χ0n) is 15.5. The van der Waals surface area contributed by atoms with E-state index < -0.39 is 5.60 Å². The number of anilines is 1. The third-order valence-corrected chi connectivity index (χ3v) is 5.20. The fraction of sp³-hybridized carbons (Fsp3) is 0.429. The van der Waals surface area contributed by atoms with Crippen molar-refractivity contribution in [2.45, 2.75) is 32.3 Å². The Morgan fingerprint density at radius 2 is 2.08 bits per heavy atom. The van der Waals surface area contributed by atoms with Gasteiger partial charge in [0.15, 0.2) is 0 Å². The van der Waals surface area contributed by atoms with Gasteiger partial charge in [-0.15, -0.1) is 0 Å². The summed E-state index contributed by atoms with van der Waals surface area (Å²) in [6.45, 7) is 5.93. The van der Waals surface area contributed by atoms with Crippen LogP contribution in [-0.4, -0.2) is 41.2 Å². The molecule has 2 aromatic rings. The first-order chi connectivity index (χ1) is 12.5. The smallest absolute Gasteiger partial charge is 0.252 e. The van der Waals surface area contributed by atoms with Gasteiger partial charge in [-0.1, -0.05) is 30.3 Å². The summed E-state index contributed by atoms with van der Waals surface area (Å²) in [5.74, 6) is 0.880. The minimum absolute atomic E-state index is 0.102. The van der Waals surface area contributed by atoms with E-state index in [1.807, 2.05) is 44.2 Å². The molecule has 0 aliphatic carbocycles. The van der Waals surface area contributed by atoms with E-state index in [1.165, 1.54) is 5.56 Å². The van der Waals surface area contributed by atoms with Crippen molar-refractivity contribution < 1.29 is 9.90 Å². The van der Waals surface area contributed by atoms with Crippen LogP contribution >= 0.6 is 0 Å². The molecule has 2 heterocycles. The summed E-state index contributed by atoms with van der Waals surface area (Å²) in [6.07, 6.45) is 3.16. The normalized spacial score (nSPS) is 22.9. The molecule has 1 aromatic carbocycles. The number of rotatable bonds is 5. The molecule has 5 nitrogen and oxygen atoms in total. The number of piperidine rings is 1. The predicted octanol–water partition coefficient (Wildman–Crippen LogP) is 2.65. The Kier molecular flexibility index (Phi) is 5.57. The van der Waals surface area contributed by atoms with Gasteiger partial charge < -0.3 is 15.3 Å². The van der Waals surface area contributed by atoms with E-state index in [0.717, 1.165) is 25.3 Å². The molecule has 0 radical (unpaired) electrons. The Morgan fingerprint density at radius 3 is 2.73 bits per heavy atom. The van der Waals surface area contributed by atoms with Gasteiger partial charge in [0.1, 0.15) is 5.82 Å². The molecule has 0 spiro atoms. The second-order valence-electron chi connectivity index (χ2n) is 7.20. The van der Waals surface area contributed by atoms with Gasteiger partial charge in [0.2, 0.25) is 0 Å². The molecular weight excluding hydrogens is 326 g/mol. The van der Waals surface area contributed by atoms with Crippen molar-refractivity contribution in [2.75, 3.05) is 24.5 Å². The van der Waals surface area contributed by atoms with E-state index in [-0.39, 0.29) is 11.8 Å². The molecule has 1 aliphatic rings. The van der Waals surface area contributed by atoms with Crippen molar-refractivity contribution in [1.82, 2.24) is 10.3 Å². The van der Waals surface area contributed by atoms with E-state index >= 15 is 0 Å². The van der Waals surface area contributed by atoms with Gasteiger partial charge in [-0.3, -0.25) is 4.79 Å². The minimum atomic E-state index is -0.687. The Balaban J connectivity index is 1.72. The van der Waals surface area contributed by atoms with E-state index in [9.17, 15) is 9.90 Å². The van der Waals surface area contributed by atoms with Crippen molar-refractivity contribution in [3.8, 4) is 0 Å². The number of amides is 1. The maximum atomic E-state index is 11.9. The van der Waals surface area contributed by atoms with E-state index in [2.05, 4.69) is 27.3 Å². The number of carbonyl (C=O) groups excluding carboxylic acids is 1. The Bertz CT molecular complexity index is 729. The molecular formula is C21H27N3O2. The van der Waals surface area contributed by atoms with Crippen LogP contribution in [0.15, 0.2) is 48.7 Å². The largest absolute Gasteiger partial charge is 0.390 e. The number of aliphatic hydroxyl groups is 1. The monoisotopic (exact) mass is 353 g/mol. The molecule has 1 aliphatic heterocycles. The number of hydrogen-bond donors (Lipinski definition) is 2. The molecule has 26 heavy (non-hydrogen) atoms. The van der Waals surface area contributed by atoms with E-state index in [4.69, 9.17) is 0 Å². The molecule has 1 aromatic heterocycles. The van der Waals surface area contributed by atoms with Crippen LogP contribution in [0.5, 0.6) is 0 Å². The average molecular weight is 353 g/mol. The van der Waals surface area contributed by atoms with Crippen LogP contribution in [0.2, 0.25) is 0 Å². The van der Waals surface area contributed by atoms with Crippen LogP contribution in [0.1, 0.15) is 36.2 Å². The second kappa shape index (κ2) is 7.87. The van der Waals surface area contributed by atoms with Crippen LogP contribution < -0.4 is 10.2 Å². The molecule has 1 fully saturated rings. The van der Waals surface area contributed by atoms with Gasteiger partial charge in [0, 0.05) is 31.7 Å². The lowest BCUT2D eigenvalue weighted by atomic mass is 9.79. The van der Waals surface area contributed by atoms with Crippen molar-refractivity contribution >= 4 is 11.7 Å². The van der Waals surface area contributed by atoms with Crippen LogP contribution in [0.3, 0.4) is 0 Å². The molecule has 0 saturated carbocycles. The zero-order chi connectivity index (χ0) is 18.6. The molecule has 3 rings (SSSR count). The summed E-state index contributed by atoms with van der Waals surface area (Å²) in [7, 11) is 0. The van der Waals surface area contributed by atoms with Crippen LogP contribution in [0, 0.1) is 5.92 Å². The molecule has 0 bridgehead atoms. The van der Waals surface area contributed by atoms with Crippen LogP contribution in [0.4, 0.5) is 5.82 Å². The lowest BCUT2D eigenvalue weighted by Gasteiger charge is -2.43. The summed E-state index contributed by atoms with van der Waals surface area (Å²) in [6, 6.07) is 14.0. The Hall–Kier alpha value is -2.40. The first-order valence-corrected chi connectivity index (χ1v) is 9.25. The Morgan fingerprint density at radius 1 is 1.31 bits per heavy atom. The highest BCUT2D eigenvalue weighted by Crippen LogP contribution is 2.32. The lowest BCUT2D eigenvalue weighted by Crippen LogP contribution is -2.51. The summed E-state index contributed by atoms with van der Waals surface area (Å²) in [4.78, 5) is 18.6. The van der Waals surface area contributed by atoms with Gasteiger partial charge in [-0.25, -0.2) is 4.98 Å². The number of nitrogens with zero attached hydrogens (tertiary/aromatic N) is 2. The van der Waals surface area contributed by atoms with Crippen molar-refractivity contribution in [3.05, 3.63) is 59.8 Å². The third-order valence-electron chi connectivity index (χ3n) is 5.20. The highest BCUT2D eigenvalue weighted by Gasteiger charge is 2.37. The van der Waals surface area contributed by atoms with Gasteiger partial charge in [-0.2, -0.15) is 0 Å². The summed E-state index contributed by atoms with van der Waals surface area (Å²) < 4.78 is 0. The van der Waals surface area contributed by atoms with Gasteiger partial charge >= 0.3 is 0 Å². The lowest BCUT2D eigenvalue weighted by molar-refractivity contribution is -0.0168. The fourth-order valence-electron chi connectivity index (χ4n) is 3.48. The third kappa shape index (κ3) is 4.22. The molecule has 2 atom stereocenters. The molecule has 1 amide bonds. The number of hydrogen-bond acceptors (Lipinski definition) is 4. The van der Waals surface area contributed by atoms with Crippen LogP contribution in [0.25, 0.3) is 0 Å². The number of aromatic nitrogens is 1.